The number of carboxylic acids is 1. The molecular formula is C17H21NO3. The Bertz CT molecular complexity index is 555. The van der Waals surface area contributed by atoms with Gasteiger partial charge in [-0.25, -0.2) is 0 Å². The van der Waals surface area contributed by atoms with E-state index in [1.54, 1.807) is 0 Å². The molecule has 0 bridgehead atoms. The van der Waals surface area contributed by atoms with Crippen LogP contribution in [0.4, 0.5) is 0 Å². The van der Waals surface area contributed by atoms with Gasteiger partial charge in [0.2, 0.25) is 5.91 Å². The predicted octanol–water partition coefficient (Wildman–Crippen LogP) is 2.46. The Morgan fingerprint density at radius 2 is 1.81 bits per heavy atom. The van der Waals surface area contributed by atoms with Crippen molar-refractivity contribution in [2.45, 2.75) is 38.6 Å². The number of hydrogen-bond donors (Lipinski definition) is 1. The van der Waals surface area contributed by atoms with Crippen LogP contribution in [0.25, 0.3) is 0 Å². The summed E-state index contributed by atoms with van der Waals surface area (Å²) in [6, 6.07) is 8.25. The molecule has 0 saturated heterocycles. The largest absolute Gasteiger partial charge is 0.481 e. The van der Waals surface area contributed by atoms with Gasteiger partial charge in [0, 0.05) is 19.0 Å². The monoisotopic (exact) mass is 287 g/mol. The van der Waals surface area contributed by atoms with E-state index in [0.29, 0.717) is 19.4 Å². The number of carbonyl (C=O) groups excluding carboxylic acids is 1. The SMILES string of the molecule is O=C(O)C1CCCC(C(=O)N2CCc3ccccc3C2)C1. The number of amides is 1. The molecular weight excluding hydrogens is 266 g/mol. The topological polar surface area (TPSA) is 57.6 Å². The van der Waals surface area contributed by atoms with Crippen LogP contribution in [0, 0.1) is 11.8 Å². The molecule has 0 spiro atoms. The third kappa shape index (κ3) is 2.94. The highest BCUT2D eigenvalue weighted by Crippen LogP contribution is 2.31. The lowest BCUT2D eigenvalue weighted by Gasteiger charge is -2.34. The molecule has 3 rings (SSSR count). The Morgan fingerprint density at radius 3 is 2.57 bits per heavy atom. The normalized spacial score (nSPS) is 25.2. The summed E-state index contributed by atoms with van der Waals surface area (Å²) in [5.74, 6) is -1.05. The van der Waals surface area contributed by atoms with Crippen molar-refractivity contribution in [3.05, 3.63) is 35.4 Å². The summed E-state index contributed by atoms with van der Waals surface area (Å²) in [4.78, 5) is 25.7. The fourth-order valence-electron chi connectivity index (χ4n) is 3.58. The number of nitrogens with zero attached hydrogens (tertiary/aromatic N) is 1. The second kappa shape index (κ2) is 5.88. The minimum atomic E-state index is -0.753. The van der Waals surface area contributed by atoms with Crippen LogP contribution in [0.1, 0.15) is 36.8 Å². The van der Waals surface area contributed by atoms with Gasteiger partial charge in [-0.05, 0) is 36.8 Å². The van der Waals surface area contributed by atoms with Gasteiger partial charge in [-0.1, -0.05) is 30.7 Å². The summed E-state index contributed by atoms with van der Waals surface area (Å²) in [6.45, 7) is 1.42. The molecule has 0 aromatic heterocycles. The molecule has 1 saturated carbocycles. The number of benzene rings is 1. The third-order valence-corrected chi connectivity index (χ3v) is 4.82. The molecule has 4 nitrogen and oxygen atoms in total. The molecule has 2 unspecified atom stereocenters. The maximum Gasteiger partial charge on any atom is 0.306 e. The standard InChI is InChI=1S/C17H21NO3/c19-16(13-6-3-7-14(10-13)17(20)21)18-9-8-12-4-1-2-5-15(12)11-18/h1-2,4-5,13-14H,3,6-11H2,(H,20,21). The van der Waals surface area contributed by atoms with Gasteiger partial charge in [0.15, 0.2) is 0 Å². The van der Waals surface area contributed by atoms with E-state index in [0.717, 1.165) is 25.8 Å². The Morgan fingerprint density at radius 1 is 1.10 bits per heavy atom. The third-order valence-electron chi connectivity index (χ3n) is 4.82. The molecule has 1 N–H and O–H groups in total. The smallest absolute Gasteiger partial charge is 0.306 e. The highest BCUT2D eigenvalue weighted by atomic mass is 16.4. The van der Waals surface area contributed by atoms with Gasteiger partial charge in [-0.3, -0.25) is 9.59 Å². The van der Waals surface area contributed by atoms with Gasteiger partial charge in [0.25, 0.3) is 0 Å². The van der Waals surface area contributed by atoms with Gasteiger partial charge in [-0.2, -0.15) is 0 Å². The predicted molar refractivity (Wildman–Crippen MR) is 78.6 cm³/mol. The van der Waals surface area contributed by atoms with E-state index >= 15 is 0 Å². The molecule has 2 atom stereocenters. The quantitative estimate of drug-likeness (QED) is 0.909. The lowest BCUT2D eigenvalue weighted by molar-refractivity contribution is -0.145. The average Bonchev–Trinajstić information content (AvgIpc) is 2.53. The van der Waals surface area contributed by atoms with Crippen molar-refractivity contribution in [2.24, 2.45) is 11.8 Å². The lowest BCUT2D eigenvalue weighted by Crippen LogP contribution is -2.41. The average molecular weight is 287 g/mol. The van der Waals surface area contributed by atoms with E-state index in [9.17, 15) is 9.59 Å². The fraction of sp³-hybridized carbons (Fsp3) is 0.529. The first kappa shape index (κ1) is 14.1. The number of rotatable bonds is 2. The van der Waals surface area contributed by atoms with Crippen LogP contribution in [-0.2, 0) is 22.6 Å². The summed E-state index contributed by atoms with van der Waals surface area (Å²) in [6.07, 6.45) is 3.80. The molecule has 1 aliphatic heterocycles. The zero-order valence-electron chi connectivity index (χ0n) is 12.1. The molecule has 0 radical (unpaired) electrons. The second-order valence-electron chi connectivity index (χ2n) is 6.18. The number of aliphatic carboxylic acids is 1. The number of hydrogen-bond acceptors (Lipinski definition) is 2. The Hall–Kier alpha value is -1.84. The van der Waals surface area contributed by atoms with Crippen molar-refractivity contribution < 1.29 is 14.7 Å². The Labute approximate surface area is 124 Å². The molecule has 21 heavy (non-hydrogen) atoms. The first-order chi connectivity index (χ1) is 10.1. The summed E-state index contributed by atoms with van der Waals surface area (Å²) >= 11 is 0. The van der Waals surface area contributed by atoms with Crippen LogP contribution in [0.15, 0.2) is 24.3 Å². The van der Waals surface area contributed by atoms with Crippen molar-refractivity contribution in [3.8, 4) is 0 Å². The summed E-state index contributed by atoms with van der Waals surface area (Å²) in [5.41, 5.74) is 2.55. The maximum absolute atomic E-state index is 12.7. The van der Waals surface area contributed by atoms with E-state index in [2.05, 4.69) is 12.1 Å². The van der Waals surface area contributed by atoms with Crippen LogP contribution in [0.3, 0.4) is 0 Å². The first-order valence-electron chi connectivity index (χ1n) is 7.73. The van der Waals surface area contributed by atoms with Crippen LogP contribution in [-0.4, -0.2) is 28.4 Å². The van der Waals surface area contributed by atoms with Crippen LogP contribution < -0.4 is 0 Å². The fourth-order valence-corrected chi connectivity index (χ4v) is 3.58. The maximum atomic E-state index is 12.7. The highest BCUT2D eigenvalue weighted by Gasteiger charge is 2.34. The molecule has 1 aliphatic carbocycles. The molecule has 1 aromatic carbocycles. The molecule has 4 heteroatoms. The minimum absolute atomic E-state index is 0.106. The Kier molecular flexibility index (Phi) is 3.95. The first-order valence-corrected chi connectivity index (χ1v) is 7.73. The van der Waals surface area contributed by atoms with Crippen molar-refractivity contribution >= 4 is 11.9 Å². The van der Waals surface area contributed by atoms with Crippen molar-refractivity contribution in [1.29, 1.82) is 0 Å². The molecule has 2 aliphatic rings. The van der Waals surface area contributed by atoms with E-state index in [1.165, 1.54) is 11.1 Å². The van der Waals surface area contributed by atoms with E-state index in [-0.39, 0.29) is 17.7 Å². The summed E-state index contributed by atoms with van der Waals surface area (Å²) in [5, 5.41) is 9.15. The van der Waals surface area contributed by atoms with Gasteiger partial charge in [0.1, 0.15) is 0 Å². The van der Waals surface area contributed by atoms with Crippen LogP contribution >= 0.6 is 0 Å². The molecule has 1 fully saturated rings. The zero-order chi connectivity index (χ0) is 14.8. The summed E-state index contributed by atoms with van der Waals surface area (Å²) < 4.78 is 0. The molecule has 112 valence electrons. The van der Waals surface area contributed by atoms with Crippen LogP contribution in [0.2, 0.25) is 0 Å². The van der Waals surface area contributed by atoms with Crippen molar-refractivity contribution in [3.63, 3.8) is 0 Å². The van der Waals surface area contributed by atoms with Crippen molar-refractivity contribution in [1.82, 2.24) is 4.90 Å². The molecule has 1 aromatic rings. The van der Waals surface area contributed by atoms with Gasteiger partial charge in [0.05, 0.1) is 5.92 Å². The Balaban J connectivity index is 1.67. The second-order valence-corrected chi connectivity index (χ2v) is 6.18. The van der Waals surface area contributed by atoms with E-state index in [1.807, 2.05) is 17.0 Å². The zero-order valence-corrected chi connectivity index (χ0v) is 12.1. The van der Waals surface area contributed by atoms with Gasteiger partial charge >= 0.3 is 5.97 Å². The molecule has 1 heterocycles. The summed E-state index contributed by atoms with van der Waals surface area (Å²) in [7, 11) is 0. The van der Waals surface area contributed by atoms with E-state index in [4.69, 9.17) is 5.11 Å². The minimum Gasteiger partial charge on any atom is -0.481 e. The highest BCUT2D eigenvalue weighted by molar-refractivity contribution is 5.80. The molecule has 1 amide bonds. The van der Waals surface area contributed by atoms with Gasteiger partial charge in [-0.15, -0.1) is 0 Å². The number of carboxylic acid groups (broad SMARTS) is 1. The number of carbonyl (C=O) groups is 2. The van der Waals surface area contributed by atoms with E-state index < -0.39 is 5.97 Å². The van der Waals surface area contributed by atoms with Crippen molar-refractivity contribution in [2.75, 3.05) is 6.54 Å². The van der Waals surface area contributed by atoms with Crippen LogP contribution in [0.5, 0.6) is 0 Å². The lowest BCUT2D eigenvalue weighted by atomic mass is 9.80. The number of fused-ring (bicyclic) bond motifs is 1. The van der Waals surface area contributed by atoms with Gasteiger partial charge < -0.3 is 10.0 Å².